The first-order valence-electron chi connectivity index (χ1n) is 13.9. The fraction of sp³-hybridized carbons (Fsp3) is 0.867. The lowest BCUT2D eigenvalue weighted by atomic mass is 9.55. The van der Waals surface area contributed by atoms with E-state index in [1.807, 2.05) is 32.9 Å². The molecule has 6 nitrogen and oxygen atoms in total. The zero-order chi connectivity index (χ0) is 27.2. The SMILES string of the molecule is CC1=C(CC[C@H]2[C@]3(C)CC[C@H](O)C(C)(C)O[C@H]3CC[C@@]2(C)O)[C@](C)(CC=CC(C)(C)OO)[C@H](O)CC1. The van der Waals surface area contributed by atoms with Crippen LogP contribution in [0.4, 0.5) is 0 Å². The minimum atomic E-state index is -0.811. The Kier molecular flexibility index (Phi) is 8.63. The lowest BCUT2D eigenvalue weighted by Crippen LogP contribution is -2.56. The molecule has 7 atom stereocenters. The van der Waals surface area contributed by atoms with Crippen LogP contribution >= 0.6 is 0 Å². The molecule has 1 saturated heterocycles. The fourth-order valence-electron chi connectivity index (χ4n) is 7.45. The van der Waals surface area contributed by atoms with Crippen molar-refractivity contribution in [1.29, 1.82) is 0 Å². The highest BCUT2D eigenvalue weighted by Crippen LogP contribution is 2.56. The van der Waals surface area contributed by atoms with Crippen LogP contribution in [-0.2, 0) is 9.62 Å². The van der Waals surface area contributed by atoms with Crippen molar-refractivity contribution in [2.75, 3.05) is 0 Å². The smallest absolute Gasteiger partial charge is 0.116 e. The van der Waals surface area contributed by atoms with Crippen LogP contribution in [0, 0.1) is 16.7 Å². The quantitative estimate of drug-likeness (QED) is 0.193. The van der Waals surface area contributed by atoms with Gasteiger partial charge in [-0.1, -0.05) is 37.1 Å². The number of hydrogen-bond acceptors (Lipinski definition) is 6. The van der Waals surface area contributed by atoms with Gasteiger partial charge in [-0.05, 0) is 111 Å². The van der Waals surface area contributed by atoms with E-state index in [-0.39, 0.29) is 17.4 Å². The summed E-state index contributed by atoms with van der Waals surface area (Å²) in [6.45, 7) is 16.1. The number of allylic oxidation sites excluding steroid dienone is 2. The summed E-state index contributed by atoms with van der Waals surface area (Å²) in [7, 11) is 0. The topological polar surface area (TPSA) is 99.4 Å². The van der Waals surface area contributed by atoms with Gasteiger partial charge < -0.3 is 20.1 Å². The van der Waals surface area contributed by atoms with Gasteiger partial charge in [0.05, 0.1) is 29.5 Å². The van der Waals surface area contributed by atoms with Crippen molar-refractivity contribution in [2.24, 2.45) is 16.7 Å². The Morgan fingerprint density at radius 1 is 1.03 bits per heavy atom. The van der Waals surface area contributed by atoms with Crippen molar-refractivity contribution in [3.8, 4) is 0 Å². The first-order valence-corrected chi connectivity index (χ1v) is 13.9. The van der Waals surface area contributed by atoms with Crippen LogP contribution in [-0.4, -0.2) is 55.7 Å². The summed E-state index contributed by atoms with van der Waals surface area (Å²) in [5.74, 6) is 0.0192. The molecule has 0 aromatic heterocycles. The zero-order valence-electron chi connectivity index (χ0n) is 23.9. The minimum Gasteiger partial charge on any atom is -0.392 e. The van der Waals surface area contributed by atoms with Crippen LogP contribution in [0.1, 0.15) is 113 Å². The predicted molar refractivity (Wildman–Crippen MR) is 142 cm³/mol. The molecule has 0 aromatic carbocycles. The Morgan fingerprint density at radius 3 is 2.33 bits per heavy atom. The first kappa shape index (κ1) is 29.8. The molecule has 0 unspecified atom stereocenters. The van der Waals surface area contributed by atoms with Crippen molar-refractivity contribution in [2.45, 2.75) is 148 Å². The van der Waals surface area contributed by atoms with Crippen LogP contribution in [0.15, 0.2) is 23.3 Å². The molecule has 0 amide bonds. The molecule has 208 valence electrons. The Hall–Kier alpha value is -0.760. The van der Waals surface area contributed by atoms with Gasteiger partial charge >= 0.3 is 0 Å². The molecule has 4 N–H and O–H groups in total. The molecule has 0 aromatic rings. The maximum absolute atomic E-state index is 11.6. The van der Waals surface area contributed by atoms with Gasteiger partial charge in [-0.15, -0.1) is 0 Å². The van der Waals surface area contributed by atoms with E-state index in [4.69, 9.17) is 9.99 Å². The maximum Gasteiger partial charge on any atom is 0.116 e. The summed E-state index contributed by atoms with van der Waals surface area (Å²) >= 11 is 0. The van der Waals surface area contributed by atoms with Crippen LogP contribution in [0.2, 0.25) is 0 Å². The standard InChI is InChI=1S/C30H52O6/c1-20-10-13-24(32)28(6,17-9-16-26(2,3)36-34)21(20)11-12-22-29(7)18-14-23(31)27(4,5)35-25(29)15-19-30(22,8)33/h9,16,22-25,31-34H,10-15,17-19H2,1-8H3/t22-,23-,24+,25-,28-,29-,30+/m0/s1. The van der Waals surface area contributed by atoms with Crippen molar-refractivity contribution in [1.82, 2.24) is 0 Å². The molecule has 1 saturated carbocycles. The Bertz CT molecular complexity index is 842. The third-order valence-corrected chi connectivity index (χ3v) is 10.1. The van der Waals surface area contributed by atoms with Gasteiger partial charge in [0.1, 0.15) is 5.60 Å². The average Bonchev–Trinajstić information content (AvgIpc) is 2.87. The van der Waals surface area contributed by atoms with Crippen LogP contribution in [0.3, 0.4) is 0 Å². The highest BCUT2D eigenvalue weighted by Gasteiger charge is 2.56. The lowest BCUT2D eigenvalue weighted by Gasteiger charge is -2.54. The monoisotopic (exact) mass is 508 g/mol. The van der Waals surface area contributed by atoms with E-state index in [1.165, 1.54) is 11.1 Å². The van der Waals surface area contributed by atoms with Gasteiger partial charge in [0.2, 0.25) is 0 Å². The summed E-state index contributed by atoms with van der Waals surface area (Å²) in [6, 6.07) is 0. The fourth-order valence-corrected chi connectivity index (χ4v) is 7.45. The molecule has 0 radical (unpaired) electrons. The van der Waals surface area contributed by atoms with Crippen LogP contribution in [0.25, 0.3) is 0 Å². The second-order valence-electron chi connectivity index (χ2n) is 13.8. The molecule has 3 rings (SSSR count). The van der Waals surface area contributed by atoms with Crippen LogP contribution < -0.4 is 0 Å². The Balaban J connectivity index is 1.88. The summed E-state index contributed by atoms with van der Waals surface area (Å²) in [5.41, 5.74) is -0.226. The van der Waals surface area contributed by atoms with Crippen molar-refractivity contribution in [3.63, 3.8) is 0 Å². The molecular weight excluding hydrogens is 456 g/mol. The summed E-state index contributed by atoms with van der Waals surface area (Å²) in [4.78, 5) is 4.56. The molecule has 36 heavy (non-hydrogen) atoms. The summed E-state index contributed by atoms with van der Waals surface area (Å²) in [6.07, 6.45) is 9.72. The molecule has 6 heteroatoms. The third-order valence-electron chi connectivity index (χ3n) is 10.1. The molecular formula is C30H52O6. The molecule has 1 heterocycles. The zero-order valence-corrected chi connectivity index (χ0v) is 23.9. The van der Waals surface area contributed by atoms with Gasteiger partial charge in [-0.25, -0.2) is 4.89 Å². The normalized spacial score (nSPS) is 41.9. The van der Waals surface area contributed by atoms with Gasteiger partial charge in [0, 0.05) is 5.41 Å². The molecule has 0 bridgehead atoms. The van der Waals surface area contributed by atoms with Gasteiger partial charge in [0.25, 0.3) is 0 Å². The number of aliphatic hydroxyl groups is 3. The second kappa shape index (κ2) is 10.4. The number of ether oxygens (including phenoxy) is 1. The molecule has 1 aliphatic heterocycles. The predicted octanol–water partition coefficient (Wildman–Crippen LogP) is 5.94. The largest absolute Gasteiger partial charge is 0.392 e. The van der Waals surface area contributed by atoms with E-state index in [9.17, 15) is 15.3 Å². The lowest BCUT2D eigenvalue weighted by molar-refractivity contribution is -0.297. The van der Waals surface area contributed by atoms with E-state index in [0.717, 1.165) is 38.5 Å². The molecule has 2 fully saturated rings. The van der Waals surface area contributed by atoms with Crippen molar-refractivity contribution in [3.05, 3.63) is 23.3 Å². The van der Waals surface area contributed by atoms with Gasteiger partial charge in [-0.2, -0.15) is 0 Å². The summed E-state index contributed by atoms with van der Waals surface area (Å²) in [5, 5.41) is 42.7. The first-order chi connectivity index (χ1) is 16.5. The molecule has 0 spiro atoms. The van der Waals surface area contributed by atoms with E-state index < -0.39 is 34.4 Å². The van der Waals surface area contributed by atoms with Crippen molar-refractivity contribution < 1.29 is 30.2 Å². The maximum atomic E-state index is 11.6. The van der Waals surface area contributed by atoms with Gasteiger partial charge in [-0.3, -0.25) is 5.26 Å². The molecule has 2 aliphatic carbocycles. The minimum absolute atomic E-state index is 0.00284. The Labute approximate surface area is 218 Å². The molecule has 3 aliphatic rings. The van der Waals surface area contributed by atoms with E-state index in [2.05, 4.69) is 25.7 Å². The van der Waals surface area contributed by atoms with Crippen molar-refractivity contribution >= 4 is 0 Å². The number of rotatable bonds is 7. The second-order valence-corrected chi connectivity index (χ2v) is 13.8. The third kappa shape index (κ3) is 5.79. The summed E-state index contributed by atoms with van der Waals surface area (Å²) < 4.78 is 6.55. The average molecular weight is 509 g/mol. The van der Waals surface area contributed by atoms with Gasteiger partial charge in [0.15, 0.2) is 0 Å². The number of aliphatic hydroxyl groups excluding tert-OH is 2. The number of hydrogen-bond donors (Lipinski definition) is 4. The number of fused-ring (bicyclic) bond motifs is 1. The van der Waals surface area contributed by atoms with Crippen LogP contribution in [0.5, 0.6) is 0 Å². The highest BCUT2D eigenvalue weighted by atomic mass is 17.1. The van der Waals surface area contributed by atoms with E-state index in [1.54, 1.807) is 13.8 Å². The Morgan fingerprint density at radius 2 is 1.69 bits per heavy atom. The highest BCUT2D eigenvalue weighted by molar-refractivity contribution is 5.27. The van der Waals surface area contributed by atoms with E-state index in [0.29, 0.717) is 19.3 Å². The van der Waals surface area contributed by atoms with E-state index >= 15 is 0 Å².